The van der Waals surface area contributed by atoms with E-state index in [1.165, 1.54) is 0 Å². The van der Waals surface area contributed by atoms with E-state index in [4.69, 9.17) is 19.3 Å². The molecule has 1 amide bonds. The van der Waals surface area contributed by atoms with Crippen molar-refractivity contribution in [2.75, 3.05) is 13.2 Å². The highest BCUT2D eigenvalue weighted by molar-refractivity contribution is 9.10. The van der Waals surface area contributed by atoms with Gasteiger partial charge in [0.2, 0.25) is 5.91 Å². The first-order chi connectivity index (χ1) is 11.0. The van der Waals surface area contributed by atoms with E-state index in [0.29, 0.717) is 44.1 Å². The highest BCUT2D eigenvalue weighted by atomic mass is 79.9. The van der Waals surface area contributed by atoms with Crippen molar-refractivity contribution in [1.29, 1.82) is 0 Å². The number of carbonyl (C=O) groups excluding carboxylic acids is 1. The van der Waals surface area contributed by atoms with Gasteiger partial charge in [-0.05, 0) is 46.5 Å². The van der Waals surface area contributed by atoms with Crippen LogP contribution in [0.4, 0.5) is 0 Å². The van der Waals surface area contributed by atoms with Crippen LogP contribution in [0.1, 0.15) is 18.4 Å². The summed E-state index contributed by atoms with van der Waals surface area (Å²) < 4.78 is 17.0. The molecule has 1 aromatic rings. The molecule has 0 spiro atoms. The van der Waals surface area contributed by atoms with E-state index >= 15 is 0 Å². The quantitative estimate of drug-likeness (QED) is 0.814. The zero-order valence-electron chi connectivity index (χ0n) is 12.2. The van der Waals surface area contributed by atoms with Gasteiger partial charge in [0.25, 0.3) is 0 Å². The minimum absolute atomic E-state index is 0.297. The van der Waals surface area contributed by atoms with Crippen LogP contribution in [0.25, 0.3) is 0 Å². The number of aliphatic carboxylic acids is 1. The van der Waals surface area contributed by atoms with Crippen LogP contribution >= 0.6 is 15.9 Å². The molecule has 124 valence electrons. The van der Waals surface area contributed by atoms with Crippen LogP contribution in [0.5, 0.6) is 11.5 Å². The Labute approximate surface area is 141 Å². The number of hydrogen-bond acceptors (Lipinski definition) is 5. The van der Waals surface area contributed by atoms with Gasteiger partial charge < -0.3 is 24.6 Å². The van der Waals surface area contributed by atoms with Crippen molar-refractivity contribution in [3.8, 4) is 11.5 Å². The van der Waals surface area contributed by atoms with Crippen LogP contribution < -0.4 is 14.8 Å². The number of nitrogens with one attached hydrogen (secondary N) is 1. The molecule has 0 unspecified atom stereocenters. The fourth-order valence-corrected chi connectivity index (χ4v) is 3.18. The molecule has 7 nitrogen and oxygen atoms in total. The molecule has 3 rings (SSSR count). The smallest absolute Gasteiger partial charge is 0.332 e. The summed E-state index contributed by atoms with van der Waals surface area (Å²) in [5.41, 5.74) is 0.849. The Kier molecular flexibility index (Phi) is 4.72. The van der Waals surface area contributed by atoms with Crippen molar-refractivity contribution in [2.45, 2.75) is 31.6 Å². The highest BCUT2D eigenvalue weighted by Crippen LogP contribution is 2.38. The molecule has 0 radical (unpaired) electrons. The van der Waals surface area contributed by atoms with Crippen LogP contribution in [0, 0.1) is 0 Å². The minimum atomic E-state index is -1.03. The summed E-state index contributed by atoms with van der Waals surface area (Å²) in [6, 6.07) is 3.67. The van der Waals surface area contributed by atoms with Crippen molar-refractivity contribution in [1.82, 2.24) is 5.32 Å². The molecular formula is C15H16BrNO6. The van der Waals surface area contributed by atoms with Gasteiger partial charge >= 0.3 is 5.97 Å². The van der Waals surface area contributed by atoms with E-state index < -0.39 is 18.2 Å². The lowest BCUT2D eigenvalue weighted by Crippen LogP contribution is -2.35. The standard InChI is InChI=1S/C15H16BrNO6/c16-9-5-8(6-12-13(9)22-4-3-21-12)7-17-14(18)10-1-2-11(23-10)15(19)20/h5-6,10-11H,1-4,7H2,(H,17,18)(H,19,20)/t10-,11+/m0/s1. The lowest BCUT2D eigenvalue weighted by molar-refractivity contribution is -0.151. The van der Waals surface area contributed by atoms with Crippen molar-refractivity contribution in [3.63, 3.8) is 0 Å². The first-order valence-electron chi connectivity index (χ1n) is 7.28. The monoisotopic (exact) mass is 385 g/mol. The molecule has 0 aliphatic carbocycles. The Bertz CT molecular complexity index is 635. The fraction of sp³-hybridized carbons (Fsp3) is 0.467. The molecule has 8 heteroatoms. The number of carboxylic acid groups (broad SMARTS) is 1. The molecular weight excluding hydrogens is 370 g/mol. The number of ether oxygens (including phenoxy) is 3. The largest absolute Gasteiger partial charge is 0.486 e. The second-order valence-corrected chi connectivity index (χ2v) is 6.20. The predicted octanol–water partition coefficient (Wildman–Crippen LogP) is 1.47. The van der Waals surface area contributed by atoms with Gasteiger partial charge in [-0.1, -0.05) is 0 Å². The normalized spacial score (nSPS) is 22.7. The molecule has 23 heavy (non-hydrogen) atoms. The lowest BCUT2D eigenvalue weighted by Gasteiger charge is -2.20. The van der Waals surface area contributed by atoms with Crippen LogP contribution in [0.3, 0.4) is 0 Å². The number of amides is 1. The Morgan fingerprint density at radius 1 is 1.22 bits per heavy atom. The van der Waals surface area contributed by atoms with Crippen LogP contribution in [0.15, 0.2) is 16.6 Å². The summed E-state index contributed by atoms with van der Waals surface area (Å²) in [5, 5.41) is 11.6. The number of carbonyl (C=O) groups is 2. The van der Waals surface area contributed by atoms with Gasteiger partial charge in [0.15, 0.2) is 17.6 Å². The van der Waals surface area contributed by atoms with E-state index in [1.54, 1.807) is 0 Å². The van der Waals surface area contributed by atoms with Crippen LogP contribution in [-0.2, 0) is 20.9 Å². The Hall–Kier alpha value is -1.80. The van der Waals surface area contributed by atoms with E-state index in [9.17, 15) is 9.59 Å². The average molecular weight is 386 g/mol. The van der Waals surface area contributed by atoms with Crippen LogP contribution in [-0.4, -0.2) is 42.4 Å². The molecule has 1 aromatic carbocycles. The number of carboxylic acids is 1. The third kappa shape index (κ3) is 3.59. The van der Waals surface area contributed by atoms with Crippen molar-refractivity contribution in [3.05, 3.63) is 22.2 Å². The minimum Gasteiger partial charge on any atom is -0.486 e. The van der Waals surface area contributed by atoms with E-state index in [0.717, 1.165) is 10.0 Å². The third-order valence-electron chi connectivity index (χ3n) is 3.71. The Morgan fingerprint density at radius 3 is 2.70 bits per heavy atom. The first kappa shape index (κ1) is 16.1. The van der Waals surface area contributed by atoms with Gasteiger partial charge in [0.05, 0.1) is 4.47 Å². The summed E-state index contributed by atoms with van der Waals surface area (Å²) in [4.78, 5) is 22.9. The maximum absolute atomic E-state index is 12.1. The molecule has 2 N–H and O–H groups in total. The predicted molar refractivity (Wildman–Crippen MR) is 82.5 cm³/mol. The second-order valence-electron chi connectivity index (χ2n) is 5.35. The number of benzene rings is 1. The zero-order chi connectivity index (χ0) is 16.4. The second kappa shape index (κ2) is 6.76. The Morgan fingerprint density at radius 2 is 1.96 bits per heavy atom. The molecule has 2 heterocycles. The van der Waals surface area contributed by atoms with Crippen molar-refractivity contribution < 1.29 is 28.9 Å². The van der Waals surface area contributed by atoms with Gasteiger partial charge in [-0.25, -0.2) is 4.79 Å². The van der Waals surface area contributed by atoms with Gasteiger partial charge in [-0.15, -0.1) is 0 Å². The maximum Gasteiger partial charge on any atom is 0.332 e. The maximum atomic E-state index is 12.1. The number of fused-ring (bicyclic) bond motifs is 1. The van der Waals surface area contributed by atoms with Crippen molar-refractivity contribution >= 4 is 27.8 Å². The summed E-state index contributed by atoms with van der Waals surface area (Å²) in [7, 11) is 0. The lowest BCUT2D eigenvalue weighted by atomic mass is 10.1. The van der Waals surface area contributed by atoms with E-state index in [2.05, 4.69) is 21.2 Å². The molecule has 0 bridgehead atoms. The summed E-state index contributed by atoms with van der Waals surface area (Å²) in [6.07, 6.45) is -0.845. The molecule has 1 fully saturated rings. The highest BCUT2D eigenvalue weighted by Gasteiger charge is 2.34. The van der Waals surface area contributed by atoms with Gasteiger partial charge in [-0.3, -0.25) is 4.79 Å². The SMILES string of the molecule is O=C(NCc1cc(Br)c2c(c1)OCCO2)[C@@H]1CC[C@H](C(=O)O)O1. The van der Waals surface area contributed by atoms with Crippen molar-refractivity contribution in [2.24, 2.45) is 0 Å². The Balaban J connectivity index is 1.59. The fourth-order valence-electron chi connectivity index (χ4n) is 2.58. The van der Waals surface area contributed by atoms with Gasteiger partial charge in [0.1, 0.15) is 19.3 Å². The van der Waals surface area contributed by atoms with Crippen LogP contribution in [0.2, 0.25) is 0 Å². The van der Waals surface area contributed by atoms with Gasteiger partial charge in [0, 0.05) is 6.54 Å². The summed E-state index contributed by atoms with van der Waals surface area (Å²) in [6.45, 7) is 1.29. The van der Waals surface area contributed by atoms with E-state index in [1.807, 2.05) is 12.1 Å². The number of hydrogen-bond donors (Lipinski definition) is 2. The molecule has 2 aliphatic heterocycles. The molecule has 2 aliphatic rings. The zero-order valence-corrected chi connectivity index (χ0v) is 13.8. The number of rotatable bonds is 4. The first-order valence-corrected chi connectivity index (χ1v) is 8.08. The van der Waals surface area contributed by atoms with Gasteiger partial charge in [-0.2, -0.15) is 0 Å². The number of halogens is 1. The molecule has 0 aromatic heterocycles. The molecule has 0 saturated carbocycles. The topological polar surface area (TPSA) is 94.1 Å². The third-order valence-corrected chi connectivity index (χ3v) is 4.30. The summed E-state index contributed by atoms with van der Waals surface area (Å²) >= 11 is 3.42. The molecule has 2 atom stereocenters. The van der Waals surface area contributed by atoms with E-state index in [-0.39, 0.29) is 5.91 Å². The average Bonchev–Trinajstić information content (AvgIpc) is 3.03. The molecule has 1 saturated heterocycles. The summed E-state index contributed by atoms with van der Waals surface area (Å²) in [5.74, 6) is -0.0384.